The lowest BCUT2D eigenvalue weighted by Crippen LogP contribution is -2.55. The zero-order valence-electron chi connectivity index (χ0n) is 14.9. The monoisotopic (exact) mass is 384 g/mol. The number of rotatable bonds is 4. The highest BCUT2D eigenvalue weighted by Crippen LogP contribution is 2.30. The zero-order valence-corrected chi connectivity index (χ0v) is 15.8. The van der Waals surface area contributed by atoms with E-state index < -0.39 is 6.04 Å². The third-order valence-electron chi connectivity index (χ3n) is 5.18. The summed E-state index contributed by atoms with van der Waals surface area (Å²) < 4.78 is 0. The Bertz CT molecular complexity index is 855. The lowest BCUT2D eigenvalue weighted by molar-refractivity contribution is -0.142. The molecule has 27 heavy (non-hydrogen) atoms. The van der Waals surface area contributed by atoms with E-state index in [-0.39, 0.29) is 36.7 Å². The normalized spacial score (nSPS) is 22.6. The Morgan fingerprint density at radius 3 is 2.67 bits per heavy atom. The molecule has 0 spiro atoms. The Morgan fingerprint density at radius 1 is 1.15 bits per heavy atom. The number of likely N-dealkylation sites (tertiary alicyclic amines) is 1. The second kappa shape index (κ2) is 7.21. The summed E-state index contributed by atoms with van der Waals surface area (Å²) in [4.78, 5) is 47.0. The summed E-state index contributed by atoms with van der Waals surface area (Å²) in [6.07, 6.45) is 3.45. The molecule has 2 saturated heterocycles. The first-order valence-electron chi connectivity index (χ1n) is 8.90. The Hall–Kier alpha value is -2.58. The van der Waals surface area contributed by atoms with E-state index in [0.29, 0.717) is 13.1 Å². The summed E-state index contributed by atoms with van der Waals surface area (Å²) in [7, 11) is 0. The number of hydrogen-bond donors (Lipinski definition) is 0. The summed E-state index contributed by atoms with van der Waals surface area (Å²) in [6, 6.07) is 6.54. The highest BCUT2D eigenvalue weighted by molar-refractivity contribution is 7.14. The van der Waals surface area contributed by atoms with Crippen molar-refractivity contribution in [3.8, 4) is 0 Å². The smallest absolute Gasteiger partial charge is 0.247 e. The van der Waals surface area contributed by atoms with Crippen LogP contribution >= 0.6 is 11.3 Å². The number of amides is 3. The van der Waals surface area contributed by atoms with Crippen molar-refractivity contribution in [3.63, 3.8) is 0 Å². The first-order valence-corrected chi connectivity index (χ1v) is 9.78. The molecular formula is C19H20N4O3S. The third-order valence-corrected chi connectivity index (χ3v) is 6.07. The summed E-state index contributed by atoms with van der Waals surface area (Å²) in [5, 5.41) is 2.85. The van der Waals surface area contributed by atoms with Crippen molar-refractivity contribution in [1.29, 1.82) is 0 Å². The van der Waals surface area contributed by atoms with Gasteiger partial charge in [0.25, 0.3) is 0 Å². The van der Waals surface area contributed by atoms with Gasteiger partial charge in [0.05, 0.1) is 30.1 Å². The largest absolute Gasteiger partial charge is 0.301 e. The van der Waals surface area contributed by atoms with E-state index in [1.807, 2.05) is 35.4 Å². The summed E-state index contributed by atoms with van der Waals surface area (Å²) in [5.74, 6) is -0.467. The molecule has 2 aromatic heterocycles. The molecule has 0 aliphatic carbocycles. The van der Waals surface area contributed by atoms with E-state index in [4.69, 9.17) is 0 Å². The Balaban J connectivity index is 1.47. The van der Waals surface area contributed by atoms with Crippen molar-refractivity contribution in [2.24, 2.45) is 0 Å². The second-order valence-corrected chi connectivity index (χ2v) is 7.68. The minimum Gasteiger partial charge on any atom is -0.301 e. The van der Waals surface area contributed by atoms with Crippen molar-refractivity contribution in [2.75, 3.05) is 24.5 Å². The van der Waals surface area contributed by atoms with Gasteiger partial charge in [-0.3, -0.25) is 29.2 Å². The minimum atomic E-state index is -0.564. The van der Waals surface area contributed by atoms with Gasteiger partial charge in [-0.2, -0.15) is 0 Å². The number of thiophene rings is 1. The van der Waals surface area contributed by atoms with Crippen LogP contribution in [0.3, 0.4) is 0 Å². The number of pyridine rings is 1. The fourth-order valence-corrected chi connectivity index (χ4v) is 4.49. The Morgan fingerprint density at radius 2 is 2.00 bits per heavy atom. The van der Waals surface area contributed by atoms with Gasteiger partial charge in [-0.15, -0.1) is 11.3 Å². The number of carbonyl (C=O) groups is 3. The molecule has 2 aromatic rings. The number of nitrogens with zero attached hydrogens (tertiary/aromatic N) is 4. The molecule has 0 bridgehead atoms. The number of hydrogen-bond acceptors (Lipinski definition) is 6. The molecule has 3 amide bonds. The number of carbonyl (C=O) groups excluding carboxylic acids is 3. The van der Waals surface area contributed by atoms with Crippen molar-refractivity contribution >= 4 is 34.1 Å². The SMILES string of the molecule is CC(c1cccnc1)N1C(=O)CC(N2CCN(c3cccs3)C(=O)C2)C1=O. The average molecular weight is 384 g/mol. The van der Waals surface area contributed by atoms with Crippen LogP contribution in [0, 0.1) is 0 Å². The van der Waals surface area contributed by atoms with Crippen LogP contribution in [0.5, 0.6) is 0 Å². The molecule has 2 aliphatic rings. The first kappa shape index (κ1) is 17.8. The molecule has 2 atom stereocenters. The lowest BCUT2D eigenvalue weighted by Gasteiger charge is -2.36. The third kappa shape index (κ3) is 3.26. The number of imide groups is 1. The van der Waals surface area contributed by atoms with Crippen LogP contribution in [-0.4, -0.2) is 58.2 Å². The molecule has 0 N–H and O–H groups in total. The van der Waals surface area contributed by atoms with E-state index in [0.717, 1.165) is 10.6 Å². The number of aromatic nitrogens is 1. The lowest BCUT2D eigenvalue weighted by atomic mass is 10.1. The number of anilines is 1. The topological polar surface area (TPSA) is 73.8 Å². The van der Waals surface area contributed by atoms with E-state index in [1.54, 1.807) is 23.4 Å². The van der Waals surface area contributed by atoms with Crippen LogP contribution in [0.2, 0.25) is 0 Å². The van der Waals surface area contributed by atoms with Gasteiger partial charge in [0.2, 0.25) is 17.7 Å². The van der Waals surface area contributed by atoms with Crippen LogP contribution in [0.25, 0.3) is 0 Å². The first-order chi connectivity index (χ1) is 13.1. The van der Waals surface area contributed by atoms with Gasteiger partial charge in [-0.1, -0.05) is 6.07 Å². The van der Waals surface area contributed by atoms with Crippen molar-refractivity contribution in [1.82, 2.24) is 14.8 Å². The van der Waals surface area contributed by atoms with Crippen LogP contribution in [0.15, 0.2) is 42.0 Å². The van der Waals surface area contributed by atoms with E-state index in [2.05, 4.69) is 4.98 Å². The van der Waals surface area contributed by atoms with Gasteiger partial charge in [-0.25, -0.2) is 0 Å². The highest BCUT2D eigenvalue weighted by Gasteiger charge is 2.45. The Labute approximate surface area is 161 Å². The van der Waals surface area contributed by atoms with E-state index in [1.165, 1.54) is 16.2 Å². The van der Waals surface area contributed by atoms with Gasteiger partial charge in [0.1, 0.15) is 0 Å². The van der Waals surface area contributed by atoms with Crippen LogP contribution in [-0.2, 0) is 14.4 Å². The fraction of sp³-hybridized carbons (Fsp3) is 0.368. The van der Waals surface area contributed by atoms with Gasteiger partial charge in [-0.05, 0) is 36.1 Å². The molecule has 0 aromatic carbocycles. The van der Waals surface area contributed by atoms with Crippen molar-refractivity contribution in [2.45, 2.75) is 25.4 Å². The quantitative estimate of drug-likeness (QED) is 0.750. The predicted molar refractivity (Wildman–Crippen MR) is 101 cm³/mol. The van der Waals surface area contributed by atoms with E-state index in [9.17, 15) is 14.4 Å². The van der Waals surface area contributed by atoms with Crippen LogP contribution in [0.1, 0.15) is 24.9 Å². The predicted octanol–water partition coefficient (Wildman–Crippen LogP) is 1.68. The molecule has 4 rings (SSSR count). The van der Waals surface area contributed by atoms with Crippen molar-refractivity contribution in [3.05, 3.63) is 47.6 Å². The molecule has 7 nitrogen and oxygen atoms in total. The maximum atomic E-state index is 13.0. The molecule has 0 saturated carbocycles. The summed E-state index contributed by atoms with van der Waals surface area (Å²) in [5.41, 5.74) is 0.818. The molecule has 4 heterocycles. The maximum absolute atomic E-state index is 13.0. The van der Waals surface area contributed by atoms with Gasteiger partial charge >= 0.3 is 0 Å². The molecular weight excluding hydrogens is 364 g/mol. The average Bonchev–Trinajstić information content (AvgIpc) is 3.30. The fourth-order valence-electron chi connectivity index (χ4n) is 3.71. The summed E-state index contributed by atoms with van der Waals surface area (Å²) in [6.45, 7) is 3.07. The minimum absolute atomic E-state index is 0.0392. The molecule has 0 radical (unpaired) electrons. The maximum Gasteiger partial charge on any atom is 0.247 e. The van der Waals surface area contributed by atoms with E-state index >= 15 is 0 Å². The standard InChI is InChI=1S/C19H20N4O3S/c1-13(14-4-2-6-20-11-14)23-16(24)10-15(19(23)26)21-7-8-22(17(25)12-21)18-5-3-9-27-18/h2-6,9,11,13,15H,7-8,10,12H2,1H3. The molecule has 2 unspecified atom stereocenters. The molecule has 2 fully saturated rings. The van der Waals surface area contributed by atoms with Gasteiger partial charge in [0, 0.05) is 25.5 Å². The van der Waals surface area contributed by atoms with Crippen LogP contribution < -0.4 is 4.90 Å². The van der Waals surface area contributed by atoms with Crippen molar-refractivity contribution < 1.29 is 14.4 Å². The number of piperazine rings is 1. The highest BCUT2D eigenvalue weighted by atomic mass is 32.1. The molecule has 8 heteroatoms. The second-order valence-electron chi connectivity index (χ2n) is 6.75. The Kier molecular flexibility index (Phi) is 4.75. The molecule has 140 valence electrons. The van der Waals surface area contributed by atoms with Gasteiger partial charge in [0.15, 0.2) is 0 Å². The molecule has 2 aliphatic heterocycles. The van der Waals surface area contributed by atoms with Gasteiger partial charge < -0.3 is 4.90 Å². The summed E-state index contributed by atoms with van der Waals surface area (Å²) >= 11 is 1.52. The zero-order chi connectivity index (χ0) is 19.0. The van der Waals surface area contributed by atoms with Crippen LogP contribution in [0.4, 0.5) is 5.00 Å².